The minimum Gasteiger partial charge on any atom is -0.389 e. The standard InChI is InChI=1S/C20H27NO/c1-16-13-21(15-18-9-5-3-6-10-18)14-17(2)20(16,22)19-11-7-4-8-12-19/h3-11,16-17,19,22H,12-15H2,1-2H3/t16-,17+,19?,20-. The van der Waals surface area contributed by atoms with Crippen molar-refractivity contribution in [3.8, 4) is 0 Å². The Kier molecular flexibility index (Phi) is 4.51. The van der Waals surface area contributed by atoms with E-state index < -0.39 is 5.60 Å². The minimum atomic E-state index is -0.589. The second-order valence-electron chi connectivity index (χ2n) is 7.02. The maximum absolute atomic E-state index is 11.4. The summed E-state index contributed by atoms with van der Waals surface area (Å²) in [5, 5.41) is 11.4. The summed E-state index contributed by atoms with van der Waals surface area (Å²) in [7, 11) is 0. The van der Waals surface area contributed by atoms with Crippen LogP contribution in [0.4, 0.5) is 0 Å². The minimum absolute atomic E-state index is 0.251. The van der Waals surface area contributed by atoms with E-state index >= 15 is 0 Å². The number of likely N-dealkylation sites (tertiary alicyclic amines) is 1. The van der Waals surface area contributed by atoms with Gasteiger partial charge < -0.3 is 5.11 Å². The van der Waals surface area contributed by atoms with Crippen LogP contribution in [0.25, 0.3) is 0 Å². The summed E-state index contributed by atoms with van der Waals surface area (Å²) in [4.78, 5) is 2.49. The summed E-state index contributed by atoms with van der Waals surface area (Å²) in [5.74, 6) is 0.809. The normalized spacial score (nSPS) is 35.7. The summed E-state index contributed by atoms with van der Waals surface area (Å²) in [6, 6.07) is 10.6. The Labute approximate surface area is 134 Å². The zero-order valence-electron chi connectivity index (χ0n) is 13.7. The van der Waals surface area contributed by atoms with E-state index in [9.17, 15) is 5.11 Å². The Bertz CT molecular complexity index is 536. The SMILES string of the molecule is C[C@@H]1CN(Cc2ccccc2)C[C@H](C)[C@@]1(O)C1C=CC=CC1. The lowest BCUT2D eigenvalue weighted by atomic mass is 9.66. The van der Waals surface area contributed by atoms with Gasteiger partial charge in [-0.05, 0) is 23.8 Å². The quantitative estimate of drug-likeness (QED) is 0.921. The molecule has 1 aromatic carbocycles. The predicted molar refractivity (Wildman–Crippen MR) is 91.4 cm³/mol. The molecule has 3 rings (SSSR count). The highest BCUT2D eigenvalue weighted by molar-refractivity contribution is 5.18. The van der Waals surface area contributed by atoms with Gasteiger partial charge in [-0.15, -0.1) is 0 Å². The van der Waals surface area contributed by atoms with Gasteiger partial charge in [0.25, 0.3) is 0 Å². The van der Waals surface area contributed by atoms with Gasteiger partial charge in [-0.25, -0.2) is 0 Å². The van der Waals surface area contributed by atoms with Gasteiger partial charge in [0, 0.05) is 25.6 Å². The third-order valence-corrected chi connectivity index (χ3v) is 5.47. The first-order chi connectivity index (χ1) is 10.6. The molecule has 0 amide bonds. The lowest BCUT2D eigenvalue weighted by molar-refractivity contribution is -0.133. The van der Waals surface area contributed by atoms with Gasteiger partial charge in [0.1, 0.15) is 0 Å². The first-order valence-electron chi connectivity index (χ1n) is 8.42. The van der Waals surface area contributed by atoms with Crippen molar-refractivity contribution in [1.29, 1.82) is 0 Å². The lowest BCUT2D eigenvalue weighted by Crippen LogP contribution is -2.59. The highest BCUT2D eigenvalue weighted by Gasteiger charge is 2.48. The largest absolute Gasteiger partial charge is 0.389 e. The molecule has 2 aliphatic rings. The maximum atomic E-state index is 11.4. The zero-order valence-corrected chi connectivity index (χ0v) is 13.7. The van der Waals surface area contributed by atoms with Crippen LogP contribution in [-0.2, 0) is 6.54 Å². The van der Waals surface area contributed by atoms with E-state index in [1.54, 1.807) is 0 Å². The predicted octanol–water partition coefficient (Wildman–Crippen LogP) is 3.64. The van der Waals surface area contributed by atoms with Crippen molar-refractivity contribution in [2.45, 2.75) is 32.4 Å². The van der Waals surface area contributed by atoms with Crippen molar-refractivity contribution in [2.75, 3.05) is 13.1 Å². The Morgan fingerprint density at radius 1 is 1.09 bits per heavy atom. The molecule has 1 saturated heterocycles. The summed E-state index contributed by atoms with van der Waals surface area (Å²) < 4.78 is 0. The van der Waals surface area contributed by atoms with Crippen molar-refractivity contribution in [1.82, 2.24) is 4.90 Å². The molecule has 1 heterocycles. The molecule has 4 atom stereocenters. The molecule has 1 fully saturated rings. The Hall–Kier alpha value is -1.38. The van der Waals surface area contributed by atoms with Crippen LogP contribution in [-0.4, -0.2) is 28.7 Å². The first kappa shape index (κ1) is 15.5. The molecule has 0 aromatic heterocycles. The van der Waals surface area contributed by atoms with Crippen LogP contribution in [0.3, 0.4) is 0 Å². The average molecular weight is 297 g/mol. The van der Waals surface area contributed by atoms with E-state index in [2.05, 4.69) is 73.4 Å². The molecule has 0 saturated carbocycles. The van der Waals surface area contributed by atoms with Gasteiger partial charge >= 0.3 is 0 Å². The molecule has 22 heavy (non-hydrogen) atoms. The Morgan fingerprint density at radius 3 is 2.36 bits per heavy atom. The molecular weight excluding hydrogens is 270 g/mol. The average Bonchev–Trinajstić information content (AvgIpc) is 2.54. The second-order valence-corrected chi connectivity index (χ2v) is 7.02. The zero-order chi connectivity index (χ0) is 15.6. The fraction of sp³-hybridized carbons (Fsp3) is 0.500. The summed E-state index contributed by atoms with van der Waals surface area (Å²) in [6.45, 7) is 7.32. The highest BCUT2D eigenvalue weighted by Crippen LogP contribution is 2.41. The van der Waals surface area contributed by atoms with Crippen LogP contribution in [0.5, 0.6) is 0 Å². The molecule has 2 nitrogen and oxygen atoms in total. The van der Waals surface area contributed by atoms with Crippen LogP contribution in [0.15, 0.2) is 54.6 Å². The van der Waals surface area contributed by atoms with E-state index in [0.717, 1.165) is 26.1 Å². The van der Waals surface area contributed by atoms with Crippen LogP contribution in [0.1, 0.15) is 25.8 Å². The number of rotatable bonds is 3. The molecule has 0 spiro atoms. The van der Waals surface area contributed by atoms with Gasteiger partial charge in [0.2, 0.25) is 0 Å². The summed E-state index contributed by atoms with van der Waals surface area (Å²) in [6.07, 6.45) is 9.50. The molecule has 1 N–H and O–H groups in total. The Morgan fingerprint density at radius 2 is 1.77 bits per heavy atom. The van der Waals surface area contributed by atoms with Gasteiger partial charge in [-0.1, -0.05) is 68.5 Å². The van der Waals surface area contributed by atoms with Crippen LogP contribution in [0.2, 0.25) is 0 Å². The van der Waals surface area contributed by atoms with Gasteiger partial charge in [0.15, 0.2) is 0 Å². The third-order valence-electron chi connectivity index (χ3n) is 5.47. The van der Waals surface area contributed by atoms with Crippen LogP contribution >= 0.6 is 0 Å². The topological polar surface area (TPSA) is 23.5 Å². The van der Waals surface area contributed by atoms with E-state index in [-0.39, 0.29) is 17.8 Å². The van der Waals surface area contributed by atoms with Crippen molar-refractivity contribution in [3.05, 3.63) is 60.2 Å². The van der Waals surface area contributed by atoms with Gasteiger partial charge in [0.05, 0.1) is 5.60 Å². The lowest BCUT2D eigenvalue weighted by Gasteiger charge is -2.51. The van der Waals surface area contributed by atoms with Crippen LogP contribution in [0, 0.1) is 17.8 Å². The fourth-order valence-electron chi connectivity index (χ4n) is 4.25. The number of benzene rings is 1. The van der Waals surface area contributed by atoms with E-state index in [1.807, 2.05) is 0 Å². The third kappa shape index (κ3) is 2.90. The fourth-order valence-corrected chi connectivity index (χ4v) is 4.25. The van der Waals surface area contributed by atoms with Crippen molar-refractivity contribution in [2.24, 2.45) is 17.8 Å². The molecular formula is C20H27NO. The number of aliphatic hydroxyl groups is 1. The van der Waals surface area contributed by atoms with E-state index in [1.165, 1.54) is 5.56 Å². The first-order valence-corrected chi connectivity index (χ1v) is 8.42. The number of hydrogen-bond acceptors (Lipinski definition) is 2. The number of piperidine rings is 1. The monoisotopic (exact) mass is 297 g/mol. The highest BCUT2D eigenvalue weighted by atomic mass is 16.3. The van der Waals surface area contributed by atoms with Crippen molar-refractivity contribution < 1.29 is 5.11 Å². The number of nitrogens with zero attached hydrogens (tertiary/aromatic N) is 1. The molecule has 1 aromatic rings. The Balaban J connectivity index is 1.71. The maximum Gasteiger partial charge on any atom is 0.0788 e. The summed E-state index contributed by atoms with van der Waals surface area (Å²) >= 11 is 0. The molecule has 0 radical (unpaired) electrons. The molecule has 1 unspecified atom stereocenters. The van der Waals surface area contributed by atoms with Crippen molar-refractivity contribution in [3.63, 3.8) is 0 Å². The van der Waals surface area contributed by atoms with Gasteiger partial charge in [-0.3, -0.25) is 4.90 Å². The smallest absolute Gasteiger partial charge is 0.0788 e. The van der Waals surface area contributed by atoms with E-state index in [4.69, 9.17) is 0 Å². The van der Waals surface area contributed by atoms with Crippen molar-refractivity contribution >= 4 is 0 Å². The molecule has 1 aliphatic heterocycles. The molecule has 118 valence electrons. The van der Waals surface area contributed by atoms with Gasteiger partial charge in [-0.2, -0.15) is 0 Å². The van der Waals surface area contributed by atoms with E-state index in [0.29, 0.717) is 0 Å². The number of hydrogen-bond donors (Lipinski definition) is 1. The molecule has 1 aliphatic carbocycles. The molecule has 2 heteroatoms. The number of allylic oxidation sites excluding steroid dienone is 3. The van der Waals surface area contributed by atoms with Crippen LogP contribution < -0.4 is 0 Å². The molecule has 0 bridgehead atoms. The summed E-state index contributed by atoms with van der Waals surface area (Å²) in [5.41, 5.74) is 0.766. The second kappa shape index (κ2) is 6.39.